The van der Waals surface area contributed by atoms with Gasteiger partial charge in [-0.1, -0.05) is 60.7 Å². The van der Waals surface area contributed by atoms with Crippen molar-refractivity contribution in [3.8, 4) is 11.3 Å². The molecule has 1 aromatic heterocycles. The largest absolute Gasteiger partial charge is 0.363 e. The van der Waals surface area contributed by atoms with E-state index < -0.39 is 23.3 Å². The Morgan fingerprint density at radius 1 is 0.793 bits per heavy atom. The van der Waals surface area contributed by atoms with E-state index in [0.717, 1.165) is 0 Å². The summed E-state index contributed by atoms with van der Waals surface area (Å²) < 4.78 is 0. The van der Waals surface area contributed by atoms with Gasteiger partial charge in [0.2, 0.25) is 0 Å². The molecule has 1 aliphatic rings. The number of carbonyl (C=O) groups is 4. The molecule has 6 nitrogen and oxygen atoms in total. The fourth-order valence-electron chi connectivity index (χ4n) is 3.32. The molecule has 0 aliphatic heterocycles. The SMILES string of the molecule is NC(=O)C(=O)c1c(-c2ccccc2)nc2c(c1C(=O)c1ccccc1)C(=O)C=C2. The molecule has 6 heteroatoms. The van der Waals surface area contributed by atoms with Crippen LogP contribution >= 0.6 is 0 Å². The van der Waals surface area contributed by atoms with Gasteiger partial charge in [0, 0.05) is 16.7 Å². The van der Waals surface area contributed by atoms with Gasteiger partial charge >= 0.3 is 0 Å². The van der Waals surface area contributed by atoms with Crippen molar-refractivity contribution < 1.29 is 19.2 Å². The molecular weight excluding hydrogens is 368 g/mol. The van der Waals surface area contributed by atoms with E-state index in [0.29, 0.717) is 5.56 Å². The van der Waals surface area contributed by atoms with Crippen molar-refractivity contribution in [1.82, 2.24) is 4.98 Å². The predicted molar refractivity (Wildman–Crippen MR) is 106 cm³/mol. The van der Waals surface area contributed by atoms with Gasteiger partial charge in [0.1, 0.15) is 0 Å². The first-order chi connectivity index (χ1) is 14.0. The van der Waals surface area contributed by atoms with Crippen LogP contribution < -0.4 is 5.73 Å². The standard InChI is InChI=1S/C23H14N2O4/c24-23(29)22(28)19-18(21(27)14-9-5-2-6-10-14)17-15(11-12-16(17)26)25-20(19)13-7-3-1-4-8-13/h1-12H,(H2,24,29). The molecular formula is C23H14N2O4. The first kappa shape index (κ1) is 18.2. The Hall–Kier alpha value is -4.19. The third-order valence-corrected chi connectivity index (χ3v) is 4.63. The number of amides is 1. The van der Waals surface area contributed by atoms with E-state index in [2.05, 4.69) is 4.98 Å². The average Bonchev–Trinajstić information content (AvgIpc) is 3.13. The lowest BCUT2D eigenvalue weighted by Gasteiger charge is -2.16. The Kier molecular flexibility index (Phi) is 4.44. The van der Waals surface area contributed by atoms with E-state index in [-0.39, 0.29) is 33.6 Å². The molecule has 1 amide bonds. The average molecular weight is 382 g/mol. The maximum Gasteiger partial charge on any atom is 0.289 e. The lowest BCUT2D eigenvalue weighted by Crippen LogP contribution is -2.28. The normalized spacial score (nSPS) is 11.9. The van der Waals surface area contributed by atoms with Crippen LogP contribution in [0, 0.1) is 0 Å². The predicted octanol–water partition coefficient (Wildman–Crippen LogP) is 2.86. The summed E-state index contributed by atoms with van der Waals surface area (Å²) in [6, 6.07) is 16.9. The second-order valence-corrected chi connectivity index (χ2v) is 6.42. The van der Waals surface area contributed by atoms with Gasteiger partial charge in [0.05, 0.1) is 22.5 Å². The zero-order chi connectivity index (χ0) is 20.5. The van der Waals surface area contributed by atoms with Crippen molar-refractivity contribution in [3.05, 3.63) is 94.7 Å². The van der Waals surface area contributed by atoms with Crippen LogP contribution in [0.1, 0.15) is 42.3 Å². The van der Waals surface area contributed by atoms with Crippen molar-refractivity contribution in [3.63, 3.8) is 0 Å². The highest BCUT2D eigenvalue weighted by atomic mass is 16.2. The number of hydrogen-bond acceptors (Lipinski definition) is 5. The topological polar surface area (TPSA) is 107 Å². The van der Waals surface area contributed by atoms with E-state index in [1.54, 1.807) is 60.7 Å². The van der Waals surface area contributed by atoms with Gasteiger partial charge < -0.3 is 5.73 Å². The molecule has 0 saturated heterocycles. The maximum absolute atomic E-state index is 13.4. The van der Waals surface area contributed by atoms with Gasteiger partial charge in [-0.05, 0) is 12.2 Å². The quantitative estimate of drug-likeness (QED) is 0.539. The molecule has 0 unspecified atom stereocenters. The van der Waals surface area contributed by atoms with E-state index in [4.69, 9.17) is 5.73 Å². The minimum absolute atomic E-state index is 0.00290. The van der Waals surface area contributed by atoms with Crippen LogP contribution in [-0.2, 0) is 4.79 Å². The third-order valence-electron chi connectivity index (χ3n) is 4.63. The monoisotopic (exact) mass is 382 g/mol. The summed E-state index contributed by atoms with van der Waals surface area (Å²) in [5.74, 6) is -3.31. The summed E-state index contributed by atoms with van der Waals surface area (Å²) in [5.41, 5.74) is 6.07. The number of fused-ring (bicyclic) bond motifs is 1. The van der Waals surface area contributed by atoms with Crippen molar-refractivity contribution in [2.24, 2.45) is 5.73 Å². The highest BCUT2D eigenvalue weighted by Crippen LogP contribution is 2.34. The van der Waals surface area contributed by atoms with Crippen molar-refractivity contribution in [2.75, 3.05) is 0 Å². The van der Waals surface area contributed by atoms with Crippen LogP contribution in [0.3, 0.4) is 0 Å². The lowest BCUT2D eigenvalue weighted by molar-refractivity contribution is -0.114. The van der Waals surface area contributed by atoms with Gasteiger partial charge in [0.15, 0.2) is 11.6 Å². The Balaban J connectivity index is 2.11. The number of pyridine rings is 1. The number of carbonyl (C=O) groups excluding carboxylic acids is 4. The molecule has 0 bridgehead atoms. The number of rotatable bonds is 5. The zero-order valence-electron chi connectivity index (χ0n) is 15.1. The molecule has 4 rings (SSSR count). The maximum atomic E-state index is 13.4. The molecule has 0 spiro atoms. The smallest absolute Gasteiger partial charge is 0.289 e. The fourth-order valence-corrected chi connectivity index (χ4v) is 3.32. The number of allylic oxidation sites excluding steroid dienone is 1. The van der Waals surface area contributed by atoms with Crippen LogP contribution in [0.5, 0.6) is 0 Å². The molecule has 1 heterocycles. The summed E-state index contributed by atoms with van der Waals surface area (Å²) in [6.07, 6.45) is 2.77. The number of ketones is 3. The Morgan fingerprint density at radius 2 is 1.41 bits per heavy atom. The second-order valence-electron chi connectivity index (χ2n) is 6.42. The van der Waals surface area contributed by atoms with E-state index in [1.165, 1.54) is 12.2 Å². The van der Waals surface area contributed by atoms with Crippen molar-refractivity contribution in [2.45, 2.75) is 0 Å². The zero-order valence-corrected chi connectivity index (χ0v) is 15.1. The molecule has 0 atom stereocenters. The minimum atomic E-state index is -1.23. The van der Waals surface area contributed by atoms with Crippen molar-refractivity contribution >= 4 is 29.3 Å². The molecule has 29 heavy (non-hydrogen) atoms. The summed E-state index contributed by atoms with van der Waals surface area (Å²) in [4.78, 5) is 54.9. The first-order valence-corrected chi connectivity index (χ1v) is 8.78. The number of primary amides is 1. The summed E-state index contributed by atoms with van der Waals surface area (Å²) >= 11 is 0. The Bertz CT molecular complexity index is 1210. The van der Waals surface area contributed by atoms with Gasteiger partial charge in [-0.25, -0.2) is 4.98 Å². The second kappa shape index (κ2) is 7.09. The molecule has 0 fully saturated rings. The number of benzene rings is 2. The highest BCUT2D eigenvalue weighted by molar-refractivity contribution is 6.45. The third kappa shape index (κ3) is 3.06. The summed E-state index contributed by atoms with van der Waals surface area (Å²) in [6.45, 7) is 0. The number of Topliss-reactive ketones (excluding diaryl/α,β-unsaturated/α-hetero) is 1. The van der Waals surface area contributed by atoms with Gasteiger partial charge in [-0.15, -0.1) is 0 Å². The first-order valence-electron chi connectivity index (χ1n) is 8.78. The van der Waals surface area contributed by atoms with Crippen LogP contribution in [-0.4, -0.2) is 28.2 Å². The summed E-state index contributed by atoms with van der Waals surface area (Å²) in [7, 11) is 0. The lowest BCUT2D eigenvalue weighted by atomic mass is 9.87. The molecule has 2 aromatic carbocycles. The molecule has 3 aromatic rings. The molecule has 0 radical (unpaired) electrons. The van der Waals surface area contributed by atoms with Crippen LogP contribution in [0.25, 0.3) is 17.3 Å². The number of hydrogen-bond donors (Lipinski definition) is 1. The number of nitrogens with zero attached hydrogens (tertiary/aromatic N) is 1. The minimum Gasteiger partial charge on any atom is -0.363 e. The van der Waals surface area contributed by atoms with E-state index in [9.17, 15) is 19.2 Å². The summed E-state index contributed by atoms with van der Waals surface area (Å²) in [5, 5.41) is 0. The van der Waals surface area contributed by atoms with E-state index in [1.807, 2.05) is 0 Å². The van der Waals surface area contributed by atoms with E-state index >= 15 is 0 Å². The Morgan fingerprint density at radius 3 is 2.03 bits per heavy atom. The highest BCUT2D eigenvalue weighted by Gasteiger charge is 2.34. The molecule has 2 N–H and O–H groups in total. The van der Waals surface area contributed by atoms with Gasteiger partial charge in [-0.3, -0.25) is 19.2 Å². The number of nitrogens with two attached hydrogens (primary N) is 1. The molecule has 140 valence electrons. The fraction of sp³-hybridized carbons (Fsp3) is 0. The van der Waals surface area contributed by atoms with Crippen LogP contribution in [0.4, 0.5) is 0 Å². The Labute approximate surface area is 165 Å². The molecule has 1 aliphatic carbocycles. The van der Waals surface area contributed by atoms with Gasteiger partial charge in [-0.2, -0.15) is 0 Å². The molecule has 0 saturated carbocycles. The van der Waals surface area contributed by atoms with Crippen LogP contribution in [0.2, 0.25) is 0 Å². The van der Waals surface area contributed by atoms with Crippen LogP contribution in [0.15, 0.2) is 66.7 Å². The van der Waals surface area contributed by atoms with Crippen molar-refractivity contribution in [1.29, 1.82) is 0 Å². The number of aromatic nitrogens is 1. The van der Waals surface area contributed by atoms with Gasteiger partial charge in [0.25, 0.3) is 11.7 Å².